The van der Waals surface area contributed by atoms with Gasteiger partial charge in [0.05, 0.1) is 12.7 Å². The van der Waals surface area contributed by atoms with Crippen LogP contribution in [0.3, 0.4) is 0 Å². The number of methoxy groups -OCH3 is 1. The minimum Gasteiger partial charge on any atom is -0.504 e. The fourth-order valence-corrected chi connectivity index (χ4v) is 5.03. The van der Waals surface area contributed by atoms with E-state index in [0.29, 0.717) is 21.9 Å². The molecule has 3 aromatic rings. The molecule has 1 amide bonds. The van der Waals surface area contributed by atoms with E-state index in [1.807, 2.05) is 0 Å². The van der Waals surface area contributed by atoms with Crippen LogP contribution in [0.25, 0.3) is 11.0 Å². The zero-order chi connectivity index (χ0) is 20.7. The molecule has 7 nitrogen and oxygen atoms in total. The number of esters is 1. The van der Waals surface area contributed by atoms with Gasteiger partial charge in [-0.05, 0) is 42.9 Å². The fourth-order valence-electron chi connectivity index (χ4n) is 3.64. The van der Waals surface area contributed by atoms with Crippen molar-refractivity contribution in [1.82, 2.24) is 0 Å². The molecule has 1 unspecified atom stereocenters. The molecule has 0 spiro atoms. The summed E-state index contributed by atoms with van der Waals surface area (Å²) in [6, 6.07) is 6.25. The number of rotatable bonds is 3. The van der Waals surface area contributed by atoms with E-state index in [-0.39, 0.29) is 22.5 Å². The van der Waals surface area contributed by atoms with Gasteiger partial charge in [0.2, 0.25) is 5.55 Å². The highest BCUT2D eigenvalue weighted by molar-refractivity contribution is 7.17. The Morgan fingerprint density at radius 2 is 2.17 bits per heavy atom. The lowest BCUT2D eigenvalue weighted by molar-refractivity contribution is 0.0601. The molecule has 1 aliphatic rings. The number of fused-ring (bicyclic) bond motifs is 2. The van der Waals surface area contributed by atoms with Gasteiger partial charge in [0, 0.05) is 10.3 Å². The molecule has 2 aromatic heterocycles. The summed E-state index contributed by atoms with van der Waals surface area (Å²) in [5, 5.41) is 21.6. The highest BCUT2D eigenvalue weighted by Crippen LogP contribution is 2.40. The molecule has 0 fully saturated rings. The lowest BCUT2D eigenvalue weighted by atomic mass is 9.88. The molecule has 3 N–H and O–H groups in total. The number of hydrogen-bond acceptors (Lipinski definition) is 7. The van der Waals surface area contributed by atoms with Crippen molar-refractivity contribution in [3.05, 3.63) is 51.4 Å². The average molecular weight is 412 g/mol. The number of nitrogens with one attached hydrogen (secondary N) is 2. The first-order chi connectivity index (χ1) is 13.9. The monoisotopic (exact) mass is 412 g/mol. The molecule has 0 saturated heterocycles. The normalized spacial score (nSPS) is 15.7. The summed E-state index contributed by atoms with van der Waals surface area (Å²) in [4.78, 5) is 26.4. The van der Waals surface area contributed by atoms with E-state index in [2.05, 4.69) is 12.2 Å². The molecule has 0 aliphatic heterocycles. The van der Waals surface area contributed by atoms with Gasteiger partial charge in [0.25, 0.3) is 5.91 Å². The number of benzene rings is 1. The van der Waals surface area contributed by atoms with Crippen LogP contribution < -0.4 is 10.9 Å². The second kappa shape index (κ2) is 7.36. The van der Waals surface area contributed by atoms with E-state index >= 15 is 0 Å². The van der Waals surface area contributed by atoms with Crippen LogP contribution in [0, 0.1) is 11.3 Å². The zero-order valence-electron chi connectivity index (χ0n) is 16.0. The quantitative estimate of drug-likeness (QED) is 0.566. The van der Waals surface area contributed by atoms with E-state index in [9.17, 15) is 14.7 Å². The highest BCUT2D eigenvalue weighted by Gasteiger charge is 2.29. The van der Waals surface area contributed by atoms with Gasteiger partial charge in [0.1, 0.15) is 10.6 Å². The number of carbonyl (C=O) groups excluding carboxylic acids is 2. The van der Waals surface area contributed by atoms with Crippen molar-refractivity contribution in [2.24, 2.45) is 5.92 Å². The number of phenolic OH excluding ortho intramolecular Hbond substituents is 1. The molecule has 1 atom stereocenters. The van der Waals surface area contributed by atoms with Crippen LogP contribution in [-0.4, -0.2) is 24.1 Å². The molecule has 150 valence electrons. The van der Waals surface area contributed by atoms with Gasteiger partial charge in [-0.3, -0.25) is 10.2 Å². The third kappa shape index (κ3) is 3.40. The van der Waals surface area contributed by atoms with Crippen molar-refractivity contribution in [2.75, 3.05) is 12.4 Å². The van der Waals surface area contributed by atoms with Crippen molar-refractivity contribution in [2.45, 2.75) is 26.2 Å². The number of carbonyl (C=O) groups is 2. The third-order valence-corrected chi connectivity index (χ3v) is 6.32. The summed E-state index contributed by atoms with van der Waals surface area (Å²) in [5.74, 6) is -0.620. The average Bonchev–Trinajstić information content (AvgIpc) is 3.04. The van der Waals surface area contributed by atoms with Crippen molar-refractivity contribution >= 4 is 39.2 Å². The number of amides is 1. The van der Waals surface area contributed by atoms with Crippen LogP contribution in [0.5, 0.6) is 5.75 Å². The lowest BCUT2D eigenvalue weighted by Crippen LogP contribution is -2.21. The number of ether oxygens (including phenoxy) is 1. The number of anilines is 1. The number of para-hydroxylation sites is 1. The van der Waals surface area contributed by atoms with Crippen LogP contribution in [-0.2, 0) is 17.6 Å². The van der Waals surface area contributed by atoms with Crippen molar-refractivity contribution in [1.29, 1.82) is 5.41 Å². The second-order valence-electron chi connectivity index (χ2n) is 7.19. The molecular formula is C21H20N2O5S. The van der Waals surface area contributed by atoms with Gasteiger partial charge >= 0.3 is 5.97 Å². The molecule has 4 rings (SSSR count). The van der Waals surface area contributed by atoms with Crippen molar-refractivity contribution in [3.63, 3.8) is 0 Å². The van der Waals surface area contributed by atoms with Gasteiger partial charge < -0.3 is 19.6 Å². The predicted octanol–water partition coefficient (Wildman–Crippen LogP) is 3.84. The van der Waals surface area contributed by atoms with Gasteiger partial charge in [0.15, 0.2) is 11.3 Å². The number of hydrogen-bond donors (Lipinski definition) is 3. The van der Waals surface area contributed by atoms with E-state index in [1.54, 1.807) is 12.1 Å². The minimum atomic E-state index is -0.555. The topological polar surface area (TPSA) is 113 Å². The summed E-state index contributed by atoms with van der Waals surface area (Å²) in [7, 11) is 1.32. The molecule has 8 heteroatoms. The summed E-state index contributed by atoms with van der Waals surface area (Å²) >= 11 is 1.38. The molecule has 2 heterocycles. The molecule has 29 heavy (non-hydrogen) atoms. The molecular weight excluding hydrogens is 392 g/mol. The maximum atomic E-state index is 12.9. The Kier molecular flexibility index (Phi) is 4.87. The Morgan fingerprint density at radius 3 is 2.93 bits per heavy atom. The largest absolute Gasteiger partial charge is 0.504 e. The van der Waals surface area contributed by atoms with E-state index in [4.69, 9.17) is 14.6 Å². The fraction of sp³-hybridized carbons (Fsp3) is 0.286. The Bertz CT molecular complexity index is 1190. The SMILES string of the molecule is COC(=O)c1c(NC(=O)c2cc3cccc(O)c3oc2=N)sc2c1CCC(C)C2. The summed E-state index contributed by atoms with van der Waals surface area (Å²) in [5.41, 5.74) is 1.12. The van der Waals surface area contributed by atoms with Gasteiger partial charge in [-0.1, -0.05) is 19.1 Å². The second-order valence-corrected chi connectivity index (χ2v) is 8.29. The Morgan fingerprint density at radius 1 is 1.38 bits per heavy atom. The standard InChI is InChI=1S/C21H20N2O5S/c1-10-6-7-12-15(8-10)29-20(16(12)21(26)27-2)23-19(25)13-9-11-4-3-5-14(24)17(11)28-18(13)22/h3-5,9-10,22,24H,6-8H2,1-2H3,(H,23,25). The van der Waals surface area contributed by atoms with Crippen LogP contribution in [0.15, 0.2) is 28.7 Å². The first kappa shape index (κ1) is 19.2. The Hall–Kier alpha value is -3.13. The Balaban J connectivity index is 1.74. The Labute approximate surface area is 170 Å². The van der Waals surface area contributed by atoms with Crippen LogP contribution in [0.1, 0.15) is 44.5 Å². The van der Waals surface area contributed by atoms with E-state index in [1.165, 1.54) is 30.6 Å². The molecule has 1 aromatic carbocycles. The van der Waals surface area contributed by atoms with Crippen LogP contribution >= 0.6 is 11.3 Å². The van der Waals surface area contributed by atoms with Crippen molar-refractivity contribution in [3.8, 4) is 5.75 Å². The lowest BCUT2D eigenvalue weighted by Gasteiger charge is -2.18. The van der Waals surface area contributed by atoms with Gasteiger partial charge in [-0.25, -0.2) is 4.79 Å². The number of phenols is 1. The number of aromatic hydroxyl groups is 1. The molecule has 0 radical (unpaired) electrons. The highest BCUT2D eigenvalue weighted by atomic mass is 32.1. The maximum Gasteiger partial charge on any atom is 0.341 e. The summed E-state index contributed by atoms with van der Waals surface area (Å²) < 4.78 is 10.3. The van der Waals surface area contributed by atoms with E-state index in [0.717, 1.165) is 29.7 Å². The summed E-state index contributed by atoms with van der Waals surface area (Å²) in [6.07, 6.45) is 2.60. The number of thiophene rings is 1. The van der Waals surface area contributed by atoms with Crippen molar-refractivity contribution < 1.29 is 23.8 Å². The molecule has 0 saturated carbocycles. The molecule has 1 aliphatic carbocycles. The van der Waals surface area contributed by atoms with Gasteiger partial charge in [-0.2, -0.15) is 0 Å². The first-order valence-corrected chi connectivity index (χ1v) is 10.0. The van der Waals surface area contributed by atoms with E-state index < -0.39 is 11.9 Å². The molecule has 0 bridgehead atoms. The maximum absolute atomic E-state index is 12.9. The van der Waals surface area contributed by atoms with Crippen LogP contribution in [0.2, 0.25) is 0 Å². The zero-order valence-corrected chi connectivity index (χ0v) is 16.8. The minimum absolute atomic E-state index is 0.0126. The summed E-state index contributed by atoms with van der Waals surface area (Å²) in [6.45, 7) is 2.16. The third-order valence-electron chi connectivity index (χ3n) is 5.15. The van der Waals surface area contributed by atoms with Crippen LogP contribution in [0.4, 0.5) is 5.00 Å². The predicted molar refractivity (Wildman–Crippen MR) is 109 cm³/mol. The van der Waals surface area contributed by atoms with Gasteiger partial charge in [-0.15, -0.1) is 11.3 Å². The smallest absolute Gasteiger partial charge is 0.341 e. The first-order valence-electron chi connectivity index (χ1n) is 9.23.